The van der Waals surface area contributed by atoms with Crippen molar-refractivity contribution in [2.45, 2.75) is 33.4 Å². The Morgan fingerprint density at radius 1 is 1.10 bits per heavy atom. The molecule has 0 bridgehead atoms. The predicted octanol–water partition coefficient (Wildman–Crippen LogP) is 3.25. The Bertz CT molecular complexity index is 813. The monoisotopic (exact) mass is 429 g/mol. The largest absolute Gasteiger partial charge is 0.494 e. The lowest BCUT2D eigenvalue weighted by atomic mass is 10.0. The minimum absolute atomic E-state index is 0.0000556. The van der Waals surface area contributed by atoms with E-state index in [1.807, 2.05) is 25.7 Å². The van der Waals surface area contributed by atoms with Crippen LogP contribution in [-0.2, 0) is 11.3 Å². The summed E-state index contributed by atoms with van der Waals surface area (Å²) in [5.74, 6) is 0.501. The van der Waals surface area contributed by atoms with Gasteiger partial charge in [-0.2, -0.15) is 0 Å². The number of carbonyl (C=O) groups is 2. The van der Waals surface area contributed by atoms with E-state index in [4.69, 9.17) is 4.74 Å². The summed E-state index contributed by atoms with van der Waals surface area (Å²) in [6, 6.07) is 10.7. The van der Waals surface area contributed by atoms with Gasteiger partial charge in [0.15, 0.2) is 0 Å². The van der Waals surface area contributed by atoms with Gasteiger partial charge < -0.3 is 15.0 Å². The number of carbonyl (C=O) groups excluding carboxylic acids is 2. The van der Waals surface area contributed by atoms with E-state index >= 15 is 0 Å². The molecule has 1 aromatic heterocycles. The first kappa shape index (κ1) is 22.3. The molecule has 0 spiro atoms. The summed E-state index contributed by atoms with van der Waals surface area (Å²) in [7, 11) is 0. The highest BCUT2D eigenvalue weighted by Gasteiger charge is 2.31. The third-order valence-electron chi connectivity index (χ3n) is 5.29. The van der Waals surface area contributed by atoms with Gasteiger partial charge in [-0.05, 0) is 48.6 Å². The van der Waals surface area contributed by atoms with Crippen LogP contribution < -0.4 is 10.1 Å². The second-order valence-corrected chi connectivity index (χ2v) is 8.87. The first-order chi connectivity index (χ1) is 14.5. The molecule has 1 N–H and O–H groups in total. The first-order valence-corrected chi connectivity index (χ1v) is 11.4. The Morgan fingerprint density at radius 3 is 2.37 bits per heavy atom. The molecule has 6 nitrogen and oxygen atoms in total. The third-order valence-corrected chi connectivity index (χ3v) is 6.15. The highest BCUT2D eigenvalue weighted by Crippen LogP contribution is 2.16. The molecule has 1 aliphatic heterocycles. The Balaban J connectivity index is 1.56. The Kier molecular flexibility index (Phi) is 7.87. The van der Waals surface area contributed by atoms with Crippen molar-refractivity contribution >= 4 is 23.2 Å². The zero-order valence-corrected chi connectivity index (χ0v) is 18.8. The zero-order valence-electron chi connectivity index (χ0n) is 18.0. The van der Waals surface area contributed by atoms with Crippen LogP contribution in [0.25, 0.3) is 0 Å². The standard InChI is InChI=1S/C23H31N3O3S/c1-4-29-19-9-7-18(8-10-19)22(27)24-21(17(2)3)23(28)26-13-11-25(12-14-26)16-20-6-5-15-30-20/h5-10,15,17,21H,4,11-14,16H2,1-3H3,(H,24,27)/t21-/m1/s1. The quantitative estimate of drug-likeness (QED) is 0.700. The number of hydrogen-bond acceptors (Lipinski definition) is 5. The van der Waals surface area contributed by atoms with E-state index in [1.54, 1.807) is 35.6 Å². The number of rotatable bonds is 8. The van der Waals surface area contributed by atoms with E-state index in [0.29, 0.717) is 25.3 Å². The SMILES string of the molecule is CCOc1ccc(C(=O)N[C@@H](C(=O)N2CCN(Cc3cccs3)CC2)C(C)C)cc1. The van der Waals surface area contributed by atoms with E-state index < -0.39 is 6.04 Å². The lowest BCUT2D eigenvalue weighted by molar-refractivity contribution is -0.136. The van der Waals surface area contributed by atoms with Crippen molar-refractivity contribution in [1.82, 2.24) is 15.1 Å². The van der Waals surface area contributed by atoms with Crippen LogP contribution in [-0.4, -0.2) is 60.4 Å². The van der Waals surface area contributed by atoms with Gasteiger partial charge in [0.1, 0.15) is 11.8 Å². The van der Waals surface area contributed by atoms with Crippen molar-refractivity contribution in [1.29, 1.82) is 0 Å². The van der Waals surface area contributed by atoms with Crippen molar-refractivity contribution in [3.63, 3.8) is 0 Å². The summed E-state index contributed by atoms with van der Waals surface area (Å²) in [6.45, 7) is 10.4. The molecule has 3 rings (SSSR count). The topological polar surface area (TPSA) is 61.9 Å². The summed E-state index contributed by atoms with van der Waals surface area (Å²) in [6.07, 6.45) is 0. The van der Waals surface area contributed by atoms with Crippen LogP contribution in [0, 0.1) is 5.92 Å². The normalized spacial score (nSPS) is 15.8. The maximum Gasteiger partial charge on any atom is 0.251 e. The maximum atomic E-state index is 13.1. The van der Waals surface area contributed by atoms with E-state index in [9.17, 15) is 9.59 Å². The number of ether oxygens (including phenoxy) is 1. The molecular formula is C23H31N3O3S. The highest BCUT2D eigenvalue weighted by molar-refractivity contribution is 7.09. The average molecular weight is 430 g/mol. The number of thiophene rings is 1. The van der Waals surface area contributed by atoms with Gasteiger partial charge in [0.05, 0.1) is 6.61 Å². The van der Waals surface area contributed by atoms with Crippen LogP contribution in [0.2, 0.25) is 0 Å². The Labute approximate surface area is 182 Å². The molecule has 1 aromatic carbocycles. The summed E-state index contributed by atoms with van der Waals surface area (Å²) in [5.41, 5.74) is 0.526. The third kappa shape index (κ3) is 5.83. The second-order valence-electron chi connectivity index (χ2n) is 7.83. The molecule has 1 atom stereocenters. The molecule has 0 unspecified atom stereocenters. The van der Waals surface area contributed by atoms with Crippen LogP contribution in [0.15, 0.2) is 41.8 Å². The molecule has 2 heterocycles. The molecule has 1 fully saturated rings. The van der Waals surface area contributed by atoms with Gasteiger partial charge in [0.2, 0.25) is 5.91 Å². The minimum Gasteiger partial charge on any atom is -0.494 e. The lowest BCUT2D eigenvalue weighted by Gasteiger charge is -2.37. The van der Waals surface area contributed by atoms with Crippen molar-refractivity contribution in [3.8, 4) is 5.75 Å². The van der Waals surface area contributed by atoms with Crippen LogP contribution in [0.5, 0.6) is 5.75 Å². The van der Waals surface area contributed by atoms with Crippen LogP contribution >= 0.6 is 11.3 Å². The highest BCUT2D eigenvalue weighted by atomic mass is 32.1. The zero-order chi connectivity index (χ0) is 21.5. The molecule has 0 aliphatic carbocycles. The molecule has 162 valence electrons. The molecular weight excluding hydrogens is 398 g/mol. The van der Waals surface area contributed by atoms with E-state index in [1.165, 1.54) is 4.88 Å². The Morgan fingerprint density at radius 2 is 1.80 bits per heavy atom. The number of nitrogens with zero attached hydrogens (tertiary/aromatic N) is 2. The van der Waals surface area contributed by atoms with Gasteiger partial charge in [-0.25, -0.2) is 0 Å². The van der Waals surface area contributed by atoms with Gasteiger partial charge in [0, 0.05) is 43.2 Å². The summed E-state index contributed by atoms with van der Waals surface area (Å²) < 4.78 is 5.42. The van der Waals surface area contributed by atoms with Gasteiger partial charge in [-0.15, -0.1) is 11.3 Å². The van der Waals surface area contributed by atoms with Crippen molar-refractivity contribution in [2.75, 3.05) is 32.8 Å². The first-order valence-electron chi connectivity index (χ1n) is 10.5. The average Bonchev–Trinajstić information content (AvgIpc) is 3.25. The van der Waals surface area contributed by atoms with Crippen molar-refractivity contribution < 1.29 is 14.3 Å². The minimum atomic E-state index is -0.534. The van der Waals surface area contributed by atoms with Crippen LogP contribution in [0.4, 0.5) is 0 Å². The van der Waals surface area contributed by atoms with Gasteiger partial charge >= 0.3 is 0 Å². The van der Waals surface area contributed by atoms with Crippen LogP contribution in [0.3, 0.4) is 0 Å². The number of piperazine rings is 1. The van der Waals surface area contributed by atoms with Gasteiger partial charge in [-0.3, -0.25) is 14.5 Å². The molecule has 0 radical (unpaired) electrons. The van der Waals surface area contributed by atoms with Crippen molar-refractivity contribution in [2.24, 2.45) is 5.92 Å². The second kappa shape index (κ2) is 10.6. The predicted molar refractivity (Wildman–Crippen MR) is 120 cm³/mol. The summed E-state index contributed by atoms with van der Waals surface area (Å²) in [5, 5.41) is 5.04. The molecule has 2 aromatic rings. The fourth-order valence-corrected chi connectivity index (χ4v) is 4.30. The van der Waals surface area contributed by atoms with Crippen LogP contribution in [0.1, 0.15) is 36.0 Å². The summed E-state index contributed by atoms with van der Waals surface area (Å²) in [4.78, 5) is 31.5. The molecule has 1 aliphatic rings. The molecule has 0 saturated carbocycles. The number of nitrogens with one attached hydrogen (secondary N) is 1. The fourth-order valence-electron chi connectivity index (χ4n) is 3.55. The van der Waals surface area contributed by atoms with E-state index in [-0.39, 0.29) is 17.7 Å². The number of hydrogen-bond donors (Lipinski definition) is 1. The fraction of sp³-hybridized carbons (Fsp3) is 0.478. The smallest absolute Gasteiger partial charge is 0.251 e. The maximum absolute atomic E-state index is 13.1. The van der Waals surface area contributed by atoms with Gasteiger partial charge in [-0.1, -0.05) is 19.9 Å². The molecule has 7 heteroatoms. The molecule has 2 amide bonds. The van der Waals surface area contributed by atoms with Gasteiger partial charge in [0.25, 0.3) is 5.91 Å². The number of benzene rings is 1. The number of amides is 2. The van der Waals surface area contributed by atoms with E-state index in [0.717, 1.165) is 25.4 Å². The molecule has 1 saturated heterocycles. The van der Waals surface area contributed by atoms with E-state index in [2.05, 4.69) is 27.7 Å². The van der Waals surface area contributed by atoms with Crippen molar-refractivity contribution in [3.05, 3.63) is 52.2 Å². The molecule has 30 heavy (non-hydrogen) atoms. The lowest BCUT2D eigenvalue weighted by Crippen LogP contribution is -2.56. The Hall–Kier alpha value is -2.38. The summed E-state index contributed by atoms with van der Waals surface area (Å²) >= 11 is 1.76.